The quantitative estimate of drug-likeness (QED) is 0.187. The summed E-state index contributed by atoms with van der Waals surface area (Å²) in [5.41, 5.74) is -0.203. The first-order chi connectivity index (χ1) is 27.6. The van der Waals surface area contributed by atoms with Gasteiger partial charge in [0.05, 0.1) is 13.0 Å². The largest absolute Gasteiger partial charge is 0.463 e. The second-order valence-corrected chi connectivity index (χ2v) is 15.7. The van der Waals surface area contributed by atoms with Gasteiger partial charge in [-0.05, 0) is 40.2 Å². The molecule has 0 aliphatic carbocycles. The minimum atomic E-state index is -1.73. The number of esters is 5. The van der Waals surface area contributed by atoms with E-state index in [0.717, 1.165) is 32.6 Å². The standard InChI is InChI=1S/C39H55N3O17/c1-20(43)51-19-27-29(53-21(2)44)31(54-22(3)45)32(55-23(4)46)35(56-27)40-34(48)25(16-28(47)52-18-24-14-12-11-13-15-24)42(37(49)41-38(5,6)7)17-26-30-33(36(50-10)57-26)59-39(8,9)58-30/h11-15,25-27,29-33,35-36H,16-19H2,1-10H3,(H,40,48)(H,41,49)/t25?,26-,27-,29-,30-,31+,32-,33-,35-,36-/m1/s1. The third-order valence-electron chi connectivity index (χ3n) is 9.02. The van der Waals surface area contributed by atoms with Crippen LogP contribution in [0.3, 0.4) is 0 Å². The highest BCUT2D eigenvalue weighted by Crippen LogP contribution is 2.39. The molecule has 20 heteroatoms. The molecule has 3 heterocycles. The molecule has 3 aliphatic rings. The van der Waals surface area contributed by atoms with Crippen molar-refractivity contribution < 1.29 is 80.9 Å². The van der Waals surface area contributed by atoms with Gasteiger partial charge in [0.25, 0.3) is 0 Å². The Labute approximate surface area is 342 Å². The molecule has 20 nitrogen and oxygen atoms in total. The fourth-order valence-corrected chi connectivity index (χ4v) is 6.80. The lowest BCUT2D eigenvalue weighted by Gasteiger charge is -2.45. The van der Waals surface area contributed by atoms with Crippen LogP contribution in [0.2, 0.25) is 0 Å². The Bertz CT molecular complexity index is 1680. The Morgan fingerprint density at radius 2 is 1.37 bits per heavy atom. The third-order valence-corrected chi connectivity index (χ3v) is 9.02. The molecule has 0 radical (unpaired) electrons. The second kappa shape index (κ2) is 19.9. The average molecular weight is 838 g/mol. The summed E-state index contributed by atoms with van der Waals surface area (Å²) in [6.07, 6.45) is -12.0. The normalized spacial score (nSPS) is 27.6. The maximum atomic E-state index is 14.8. The van der Waals surface area contributed by atoms with E-state index < -0.39 is 127 Å². The zero-order valence-corrected chi connectivity index (χ0v) is 34.9. The SMILES string of the molecule is CO[C@@H]1O[C@H](CN(C(=O)NC(C)(C)C)C(CC(=O)OCc2ccccc2)C(=O)N[C@@H]2O[C@H](COC(C)=O)[C@@H](OC(C)=O)[C@H](OC(C)=O)[C@H]2OC(C)=O)[C@H]2OC(C)(C)O[C@@H]12. The van der Waals surface area contributed by atoms with Crippen molar-refractivity contribution in [1.29, 1.82) is 0 Å². The summed E-state index contributed by atoms with van der Waals surface area (Å²) in [6, 6.07) is 6.26. The van der Waals surface area contributed by atoms with Gasteiger partial charge in [-0.2, -0.15) is 0 Å². The number of rotatable bonds is 15. The Morgan fingerprint density at radius 1 is 0.780 bits per heavy atom. The van der Waals surface area contributed by atoms with Crippen LogP contribution in [0.15, 0.2) is 30.3 Å². The van der Waals surface area contributed by atoms with E-state index in [0.29, 0.717) is 5.56 Å². The van der Waals surface area contributed by atoms with Crippen molar-refractivity contribution >= 4 is 41.8 Å². The molecule has 3 saturated heterocycles. The van der Waals surface area contributed by atoms with E-state index in [4.69, 9.17) is 47.4 Å². The Kier molecular flexibility index (Phi) is 15.8. The number of hydrogen-bond donors (Lipinski definition) is 2. The van der Waals surface area contributed by atoms with Crippen molar-refractivity contribution in [2.75, 3.05) is 20.3 Å². The molecule has 2 N–H and O–H groups in total. The Morgan fingerprint density at radius 3 is 1.95 bits per heavy atom. The molecular weight excluding hydrogens is 782 g/mol. The summed E-state index contributed by atoms with van der Waals surface area (Å²) in [5.74, 6) is -6.38. The molecule has 3 aliphatic heterocycles. The molecule has 1 unspecified atom stereocenters. The molecule has 0 saturated carbocycles. The monoisotopic (exact) mass is 837 g/mol. The fraction of sp³-hybridized carbons (Fsp3) is 0.667. The molecule has 59 heavy (non-hydrogen) atoms. The van der Waals surface area contributed by atoms with Crippen molar-refractivity contribution in [2.24, 2.45) is 0 Å². The summed E-state index contributed by atoms with van der Waals surface area (Å²) in [4.78, 5) is 92.9. The van der Waals surface area contributed by atoms with E-state index in [1.807, 2.05) is 0 Å². The number of nitrogens with zero attached hydrogens (tertiary/aromatic N) is 1. The Balaban J connectivity index is 1.78. The van der Waals surface area contributed by atoms with E-state index >= 15 is 0 Å². The highest BCUT2D eigenvalue weighted by atomic mass is 16.8. The molecule has 0 spiro atoms. The molecule has 0 aromatic heterocycles. The van der Waals surface area contributed by atoms with Gasteiger partial charge in [0.2, 0.25) is 5.91 Å². The molecule has 3 amide bonds. The van der Waals surface area contributed by atoms with Crippen molar-refractivity contribution in [3.63, 3.8) is 0 Å². The highest BCUT2D eigenvalue weighted by Gasteiger charge is 2.57. The lowest BCUT2D eigenvalue weighted by molar-refractivity contribution is -0.257. The van der Waals surface area contributed by atoms with E-state index in [1.54, 1.807) is 65.0 Å². The minimum Gasteiger partial charge on any atom is -0.463 e. The van der Waals surface area contributed by atoms with Gasteiger partial charge in [-0.25, -0.2) is 4.79 Å². The number of urea groups is 1. The zero-order valence-electron chi connectivity index (χ0n) is 34.9. The van der Waals surface area contributed by atoms with Crippen LogP contribution in [0.25, 0.3) is 0 Å². The summed E-state index contributed by atoms with van der Waals surface area (Å²) in [7, 11) is 1.41. The first-order valence-corrected chi connectivity index (χ1v) is 19.0. The maximum Gasteiger partial charge on any atom is 0.318 e. The van der Waals surface area contributed by atoms with E-state index in [-0.39, 0.29) is 13.2 Å². The van der Waals surface area contributed by atoms with Gasteiger partial charge < -0.3 is 62.9 Å². The van der Waals surface area contributed by atoms with Crippen LogP contribution in [0, 0.1) is 0 Å². The van der Waals surface area contributed by atoms with Crippen LogP contribution >= 0.6 is 0 Å². The number of carbonyl (C=O) groups excluding carboxylic acids is 7. The van der Waals surface area contributed by atoms with Gasteiger partial charge in [0.1, 0.15) is 43.7 Å². The van der Waals surface area contributed by atoms with Crippen molar-refractivity contribution in [1.82, 2.24) is 15.5 Å². The molecule has 10 atom stereocenters. The van der Waals surface area contributed by atoms with Crippen LogP contribution in [-0.4, -0.2) is 140 Å². The van der Waals surface area contributed by atoms with Gasteiger partial charge in [-0.15, -0.1) is 0 Å². The predicted molar refractivity (Wildman–Crippen MR) is 199 cm³/mol. The van der Waals surface area contributed by atoms with E-state index in [1.165, 1.54) is 7.11 Å². The van der Waals surface area contributed by atoms with Crippen molar-refractivity contribution in [2.45, 2.75) is 148 Å². The molecule has 0 bridgehead atoms. The maximum absolute atomic E-state index is 14.8. The Hall–Kier alpha value is -4.89. The van der Waals surface area contributed by atoms with Crippen molar-refractivity contribution in [3.05, 3.63) is 35.9 Å². The van der Waals surface area contributed by atoms with Crippen LogP contribution in [0.4, 0.5) is 4.79 Å². The first kappa shape index (κ1) is 46.8. The van der Waals surface area contributed by atoms with Gasteiger partial charge in [-0.1, -0.05) is 30.3 Å². The summed E-state index contributed by atoms with van der Waals surface area (Å²) in [5, 5.41) is 5.42. The number of carbonyl (C=O) groups is 7. The zero-order chi connectivity index (χ0) is 43.8. The van der Waals surface area contributed by atoms with Crippen LogP contribution in [-0.2, 0) is 82.7 Å². The number of fused-ring (bicyclic) bond motifs is 1. The van der Waals surface area contributed by atoms with E-state index in [2.05, 4.69) is 10.6 Å². The van der Waals surface area contributed by atoms with Crippen LogP contribution < -0.4 is 10.6 Å². The molecular formula is C39H55N3O17. The fourth-order valence-electron chi connectivity index (χ4n) is 6.80. The second-order valence-electron chi connectivity index (χ2n) is 15.7. The third kappa shape index (κ3) is 13.3. The predicted octanol–water partition coefficient (Wildman–Crippen LogP) is 1.39. The molecule has 328 valence electrons. The summed E-state index contributed by atoms with van der Waals surface area (Å²) >= 11 is 0. The first-order valence-electron chi connectivity index (χ1n) is 19.0. The minimum absolute atomic E-state index is 0.160. The van der Waals surface area contributed by atoms with Gasteiger partial charge in [-0.3, -0.25) is 28.8 Å². The van der Waals surface area contributed by atoms with Crippen LogP contribution in [0.1, 0.15) is 74.3 Å². The van der Waals surface area contributed by atoms with Crippen molar-refractivity contribution in [3.8, 4) is 0 Å². The number of hydrogen-bond acceptors (Lipinski definition) is 17. The topological polar surface area (TPSA) is 239 Å². The van der Waals surface area contributed by atoms with Crippen LogP contribution in [0.5, 0.6) is 0 Å². The van der Waals surface area contributed by atoms with Gasteiger partial charge in [0, 0.05) is 40.3 Å². The summed E-state index contributed by atoms with van der Waals surface area (Å²) in [6.45, 7) is 11.7. The average Bonchev–Trinajstić information content (AvgIpc) is 3.61. The summed E-state index contributed by atoms with van der Waals surface area (Å²) < 4.78 is 57.1. The number of ether oxygens (including phenoxy) is 10. The lowest BCUT2D eigenvalue weighted by atomic mass is 9.96. The molecule has 4 rings (SSSR count). The molecule has 1 aromatic rings. The van der Waals surface area contributed by atoms with Gasteiger partial charge in [0.15, 0.2) is 36.6 Å². The number of nitrogens with one attached hydrogen (secondary N) is 2. The van der Waals surface area contributed by atoms with E-state index in [9.17, 15) is 33.6 Å². The molecule has 3 fully saturated rings. The lowest BCUT2D eigenvalue weighted by Crippen LogP contribution is -2.68. The highest BCUT2D eigenvalue weighted by molar-refractivity contribution is 5.91. The number of methoxy groups -OCH3 is 1. The molecule has 1 aromatic carbocycles. The number of benzene rings is 1. The van der Waals surface area contributed by atoms with Gasteiger partial charge >= 0.3 is 35.9 Å². The smallest absolute Gasteiger partial charge is 0.318 e. The number of amides is 3.